The third kappa shape index (κ3) is 5.52. The second-order valence-electron chi connectivity index (χ2n) is 7.73. The molecule has 172 valence electrons. The maximum absolute atomic E-state index is 10.9. The number of primary amides is 1. The first kappa shape index (κ1) is 23.9. The number of nitrogens with zero attached hydrogens (tertiary/aromatic N) is 2. The largest absolute Gasteiger partial charge is 0.490 e. The molecule has 10 heteroatoms. The van der Waals surface area contributed by atoms with Crippen molar-refractivity contribution in [3.63, 3.8) is 0 Å². The number of aromatic nitrogens is 2. The number of hydrogen-bond acceptors (Lipinski definition) is 9. The van der Waals surface area contributed by atoms with Crippen LogP contribution in [0.3, 0.4) is 0 Å². The molecule has 1 unspecified atom stereocenters. The molecule has 2 heterocycles. The van der Waals surface area contributed by atoms with E-state index < -0.39 is 18.1 Å². The van der Waals surface area contributed by atoms with Gasteiger partial charge in [0.15, 0.2) is 0 Å². The molecule has 0 fully saturated rings. The molecule has 3 rings (SSSR count). The molecule has 5 N–H and O–H groups in total. The van der Waals surface area contributed by atoms with Crippen LogP contribution in [0.1, 0.15) is 28.0 Å². The van der Waals surface area contributed by atoms with Gasteiger partial charge in [-0.2, -0.15) is 4.98 Å². The average molecular weight is 461 g/mol. The number of amides is 1. The first-order chi connectivity index (χ1) is 15.2. The summed E-state index contributed by atoms with van der Waals surface area (Å²) in [6, 6.07) is 5.81. The lowest BCUT2D eigenvalue weighted by molar-refractivity contribution is -0.127. The van der Waals surface area contributed by atoms with Crippen LogP contribution in [0.25, 0.3) is 22.2 Å². The molecule has 0 bridgehead atoms. The SMILES string of the molecule is CNCc1sc(-c2nc(-c3cc(C)c(OC[C@H](O)CC(O)C(N)=O)c(C)c3)no2)cc1C. The van der Waals surface area contributed by atoms with Gasteiger partial charge in [0, 0.05) is 23.4 Å². The Balaban J connectivity index is 1.74. The lowest BCUT2D eigenvalue weighted by Gasteiger charge is -2.17. The normalized spacial score (nSPS) is 13.2. The van der Waals surface area contributed by atoms with E-state index in [-0.39, 0.29) is 13.0 Å². The Hall–Kier alpha value is -2.79. The van der Waals surface area contributed by atoms with E-state index >= 15 is 0 Å². The Morgan fingerprint density at radius 2 is 1.91 bits per heavy atom. The van der Waals surface area contributed by atoms with E-state index in [0.29, 0.717) is 17.5 Å². The van der Waals surface area contributed by atoms with Crippen molar-refractivity contribution in [2.45, 2.75) is 45.9 Å². The van der Waals surface area contributed by atoms with Crippen molar-refractivity contribution in [2.75, 3.05) is 13.7 Å². The number of thiophene rings is 1. The van der Waals surface area contributed by atoms with E-state index in [1.807, 2.05) is 39.1 Å². The minimum absolute atomic E-state index is 0.0790. The number of nitrogens with one attached hydrogen (secondary N) is 1. The highest BCUT2D eigenvalue weighted by molar-refractivity contribution is 7.15. The summed E-state index contributed by atoms with van der Waals surface area (Å²) < 4.78 is 11.2. The van der Waals surface area contributed by atoms with E-state index in [1.165, 1.54) is 10.4 Å². The van der Waals surface area contributed by atoms with Gasteiger partial charge in [-0.05, 0) is 62.7 Å². The smallest absolute Gasteiger partial charge is 0.268 e. The predicted molar refractivity (Wildman–Crippen MR) is 121 cm³/mol. The number of aryl methyl sites for hydroxylation is 3. The highest BCUT2D eigenvalue weighted by Crippen LogP contribution is 2.33. The Morgan fingerprint density at radius 1 is 1.22 bits per heavy atom. The van der Waals surface area contributed by atoms with Gasteiger partial charge < -0.3 is 30.5 Å². The fourth-order valence-electron chi connectivity index (χ4n) is 3.33. The Morgan fingerprint density at radius 3 is 2.53 bits per heavy atom. The van der Waals surface area contributed by atoms with Crippen LogP contribution < -0.4 is 15.8 Å². The zero-order valence-electron chi connectivity index (χ0n) is 18.5. The second-order valence-corrected chi connectivity index (χ2v) is 8.86. The summed E-state index contributed by atoms with van der Waals surface area (Å²) in [6.45, 7) is 6.52. The van der Waals surface area contributed by atoms with Gasteiger partial charge in [0.2, 0.25) is 11.7 Å². The molecule has 0 radical (unpaired) electrons. The topological polar surface area (TPSA) is 144 Å². The number of ether oxygens (including phenoxy) is 1. The number of carbonyl (C=O) groups excluding carboxylic acids is 1. The molecule has 1 aromatic carbocycles. The van der Waals surface area contributed by atoms with Crippen molar-refractivity contribution < 1.29 is 24.3 Å². The fourth-order valence-corrected chi connectivity index (χ4v) is 4.44. The van der Waals surface area contributed by atoms with Gasteiger partial charge in [-0.1, -0.05) is 5.16 Å². The molecule has 0 spiro atoms. The summed E-state index contributed by atoms with van der Waals surface area (Å²) >= 11 is 1.62. The minimum atomic E-state index is -1.41. The van der Waals surface area contributed by atoms with E-state index in [9.17, 15) is 15.0 Å². The molecule has 2 aromatic heterocycles. The lowest BCUT2D eigenvalue weighted by atomic mass is 10.1. The first-order valence-corrected chi connectivity index (χ1v) is 11.0. The van der Waals surface area contributed by atoms with Crippen LogP contribution in [-0.4, -0.2) is 52.1 Å². The molecule has 3 aromatic rings. The quantitative estimate of drug-likeness (QED) is 0.360. The van der Waals surface area contributed by atoms with Gasteiger partial charge in [0.25, 0.3) is 5.89 Å². The van der Waals surface area contributed by atoms with E-state index in [4.69, 9.17) is 15.0 Å². The van der Waals surface area contributed by atoms with Crippen molar-refractivity contribution >= 4 is 17.2 Å². The Kier molecular flexibility index (Phi) is 7.62. The number of nitrogens with two attached hydrogens (primary N) is 1. The minimum Gasteiger partial charge on any atom is -0.490 e. The zero-order valence-corrected chi connectivity index (χ0v) is 19.3. The van der Waals surface area contributed by atoms with Gasteiger partial charge in [-0.25, -0.2) is 0 Å². The third-order valence-electron chi connectivity index (χ3n) is 4.96. The number of hydrogen-bond donors (Lipinski definition) is 4. The number of rotatable bonds is 10. The van der Waals surface area contributed by atoms with Crippen molar-refractivity contribution in [1.82, 2.24) is 15.5 Å². The number of aliphatic hydroxyl groups excluding tert-OH is 2. The molecule has 32 heavy (non-hydrogen) atoms. The van der Waals surface area contributed by atoms with Crippen LogP contribution in [0.5, 0.6) is 5.75 Å². The summed E-state index contributed by atoms with van der Waals surface area (Å²) in [6.07, 6.45) is -2.63. The Labute approximate surface area is 190 Å². The number of carbonyl (C=O) groups is 1. The lowest BCUT2D eigenvalue weighted by Crippen LogP contribution is -2.33. The summed E-state index contributed by atoms with van der Waals surface area (Å²) in [7, 11) is 1.91. The maximum atomic E-state index is 10.9. The van der Waals surface area contributed by atoms with Crippen LogP contribution in [0.15, 0.2) is 22.7 Å². The standard InChI is InChI=1S/C22H28N4O5S/c1-11-7-17(32-18(11)9-24-4)22-25-21(26-31-22)14-5-12(2)19(13(3)6-14)30-10-15(27)8-16(28)20(23)29/h5-7,15-16,24,27-28H,8-10H2,1-4H3,(H2,23,29)/t15-,16?/m1/s1. The summed E-state index contributed by atoms with van der Waals surface area (Å²) in [5.41, 5.74) is 8.64. The monoisotopic (exact) mass is 460 g/mol. The van der Waals surface area contributed by atoms with Gasteiger partial charge in [-0.15, -0.1) is 11.3 Å². The molecule has 0 saturated heterocycles. The fraction of sp³-hybridized carbons (Fsp3) is 0.409. The van der Waals surface area contributed by atoms with Crippen LogP contribution in [0, 0.1) is 20.8 Å². The van der Waals surface area contributed by atoms with Crippen molar-refractivity contribution in [3.8, 4) is 27.9 Å². The van der Waals surface area contributed by atoms with E-state index in [0.717, 1.165) is 28.1 Å². The summed E-state index contributed by atoms with van der Waals surface area (Å²) in [5, 5.41) is 26.7. The van der Waals surface area contributed by atoms with Crippen LogP contribution in [0.2, 0.25) is 0 Å². The molecule has 1 amide bonds. The molecular formula is C22H28N4O5S. The second kappa shape index (κ2) is 10.2. The van der Waals surface area contributed by atoms with Crippen LogP contribution >= 0.6 is 11.3 Å². The molecule has 0 aliphatic carbocycles. The third-order valence-corrected chi connectivity index (χ3v) is 6.18. The molecule has 0 aliphatic heterocycles. The highest BCUT2D eigenvalue weighted by atomic mass is 32.1. The van der Waals surface area contributed by atoms with Gasteiger partial charge in [-0.3, -0.25) is 4.79 Å². The molecule has 0 saturated carbocycles. The van der Waals surface area contributed by atoms with Crippen molar-refractivity contribution in [2.24, 2.45) is 5.73 Å². The maximum Gasteiger partial charge on any atom is 0.268 e. The van der Waals surface area contributed by atoms with E-state index in [1.54, 1.807) is 11.3 Å². The molecular weight excluding hydrogens is 432 g/mol. The molecule has 0 aliphatic rings. The summed E-state index contributed by atoms with van der Waals surface area (Å²) in [5.74, 6) is 0.678. The highest BCUT2D eigenvalue weighted by Gasteiger charge is 2.19. The van der Waals surface area contributed by atoms with Gasteiger partial charge in [0.05, 0.1) is 11.0 Å². The van der Waals surface area contributed by atoms with E-state index in [2.05, 4.69) is 22.4 Å². The van der Waals surface area contributed by atoms with Crippen LogP contribution in [-0.2, 0) is 11.3 Å². The number of benzene rings is 1. The zero-order chi connectivity index (χ0) is 23.4. The van der Waals surface area contributed by atoms with Gasteiger partial charge in [0.1, 0.15) is 18.5 Å². The molecule has 2 atom stereocenters. The predicted octanol–water partition coefficient (Wildman–Crippen LogP) is 2.09. The Bertz CT molecular complexity index is 1070. The summed E-state index contributed by atoms with van der Waals surface area (Å²) in [4.78, 5) is 17.6. The van der Waals surface area contributed by atoms with Crippen molar-refractivity contribution in [3.05, 3.63) is 39.8 Å². The average Bonchev–Trinajstić information content (AvgIpc) is 3.35. The molecule has 9 nitrogen and oxygen atoms in total. The van der Waals surface area contributed by atoms with Crippen molar-refractivity contribution in [1.29, 1.82) is 0 Å². The number of aliphatic hydroxyl groups is 2. The first-order valence-electron chi connectivity index (χ1n) is 10.2. The van der Waals surface area contributed by atoms with Gasteiger partial charge >= 0.3 is 0 Å². The van der Waals surface area contributed by atoms with Crippen LogP contribution in [0.4, 0.5) is 0 Å².